The number of amides is 1. The molecule has 0 fully saturated rings. The van der Waals surface area contributed by atoms with E-state index in [-0.39, 0.29) is 15.5 Å². The second-order valence-corrected chi connectivity index (χ2v) is 9.84. The Bertz CT molecular complexity index is 1260. The Morgan fingerprint density at radius 3 is 2.42 bits per heavy atom. The zero-order valence-electron chi connectivity index (χ0n) is 18.1. The number of carbonyl (C=O) groups excluding carboxylic acids is 1. The third kappa shape index (κ3) is 6.47. The summed E-state index contributed by atoms with van der Waals surface area (Å²) in [6.45, 7) is 2.76. The fourth-order valence-electron chi connectivity index (χ4n) is 3.07. The fraction of sp³-hybridized carbons (Fsp3) is 0.167. The first-order valence-electron chi connectivity index (χ1n) is 10.0. The van der Waals surface area contributed by atoms with E-state index in [2.05, 4.69) is 10.5 Å². The molecule has 0 bridgehead atoms. The highest BCUT2D eigenvalue weighted by molar-refractivity contribution is 7.89. The Morgan fingerprint density at radius 1 is 1.06 bits per heavy atom. The van der Waals surface area contributed by atoms with Crippen molar-refractivity contribution in [1.29, 1.82) is 0 Å². The van der Waals surface area contributed by atoms with Crippen molar-refractivity contribution in [3.63, 3.8) is 0 Å². The highest BCUT2D eigenvalue weighted by Crippen LogP contribution is 2.24. The summed E-state index contributed by atoms with van der Waals surface area (Å²) >= 11 is 6.11. The van der Waals surface area contributed by atoms with Crippen molar-refractivity contribution >= 4 is 33.7 Å². The third-order valence-corrected chi connectivity index (χ3v) is 6.98. The van der Waals surface area contributed by atoms with Crippen molar-refractivity contribution in [2.24, 2.45) is 5.10 Å². The molecule has 0 aliphatic heterocycles. The van der Waals surface area contributed by atoms with Crippen LogP contribution in [0.4, 0.5) is 4.39 Å². The van der Waals surface area contributed by atoms with Crippen LogP contribution in [-0.4, -0.2) is 31.4 Å². The van der Waals surface area contributed by atoms with Crippen LogP contribution in [0.15, 0.2) is 76.7 Å². The van der Waals surface area contributed by atoms with Gasteiger partial charge in [-0.05, 0) is 43.7 Å². The summed E-state index contributed by atoms with van der Waals surface area (Å²) < 4.78 is 41.8. The topological polar surface area (TPSA) is 78.8 Å². The smallest absolute Gasteiger partial charge is 0.255 e. The maximum absolute atomic E-state index is 14.4. The summed E-state index contributed by atoms with van der Waals surface area (Å²) in [6, 6.07) is 17.7. The third-order valence-electron chi connectivity index (χ3n) is 4.82. The average molecular weight is 488 g/mol. The van der Waals surface area contributed by atoms with Crippen LogP contribution in [-0.2, 0) is 21.4 Å². The summed E-state index contributed by atoms with van der Waals surface area (Å²) in [4.78, 5) is 12.5. The standard InChI is InChI=1S/C24H23ClFN3O3S/c1-17-9-11-20(12-10-17)33(31,32)29(15-21-22(25)7-4-8-23(21)26)16-24(30)28-27-14-19-6-3-5-18(2)13-19/h3-14H,15-16H2,1-2H3,(H,28,30). The Hall–Kier alpha value is -3.07. The zero-order chi connectivity index (χ0) is 24.0. The fourth-order valence-corrected chi connectivity index (χ4v) is 4.66. The van der Waals surface area contributed by atoms with Crippen molar-refractivity contribution in [1.82, 2.24) is 9.73 Å². The molecule has 0 aliphatic rings. The molecule has 3 rings (SSSR count). The lowest BCUT2D eigenvalue weighted by Crippen LogP contribution is -2.39. The molecule has 0 heterocycles. The second-order valence-electron chi connectivity index (χ2n) is 7.49. The first-order valence-corrected chi connectivity index (χ1v) is 11.9. The highest BCUT2D eigenvalue weighted by Gasteiger charge is 2.28. The quantitative estimate of drug-likeness (QED) is 0.377. The second kappa shape index (κ2) is 10.7. The van der Waals surface area contributed by atoms with Crippen LogP contribution in [0.25, 0.3) is 0 Å². The predicted octanol–water partition coefficient (Wildman–Crippen LogP) is 4.44. The molecule has 1 amide bonds. The Kier molecular flexibility index (Phi) is 7.97. The van der Waals surface area contributed by atoms with Crippen LogP contribution in [0.3, 0.4) is 0 Å². The van der Waals surface area contributed by atoms with Gasteiger partial charge in [0, 0.05) is 17.1 Å². The molecule has 0 spiro atoms. The summed E-state index contributed by atoms with van der Waals surface area (Å²) in [5.74, 6) is -1.34. The number of carbonyl (C=O) groups is 1. The normalized spacial score (nSPS) is 11.8. The minimum atomic E-state index is -4.13. The molecule has 3 aromatic carbocycles. The van der Waals surface area contributed by atoms with Crippen LogP contribution < -0.4 is 5.43 Å². The van der Waals surface area contributed by atoms with Gasteiger partial charge in [-0.2, -0.15) is 9.41 Å². The Labute approximate surface area is 197 Å². The molecule has 33 heavy (non-hydrogen) atoms. The van der Waals surface area contributed by atoms with Gasteiger partial charge < -0.3 is 0 Å². The predicted molar refractivity (Wildman–Crippen MR) is 127 cm³/mol. The van der Waals surface area contributed by atoms with Gasteiger partial charge in [0.25, 0.3) is 5.91 Å². The van der Waals surface area contributed by atoms with Crippen LogP contribution in [0.1, 0.15) is 22.3 Å². The first kappa shape index (κ1) is 24.6. The van der Waals surface area contributed by atoms with E-state index in [9.17, 15) is 17.6 Å². The number of aryl methyl sites for hydroxylation is 2. The number of rotatable bonds is 8. The van der Waals surface area contributed by atoms with Crippen LogP contribution >= 0.6 is 11.6 Å². The molecule has 3 aromatic rings. The number of nitrogens with one attached hydrogen (secondary N) is 1. The molecule has 0 saturated heterocycles. The number of nitrogens with zero attached hydrogens (tertiary/aromatic N) is 2. The van der Waals surface area contributed by atoms with Crippen LogP contribution in [0, 0.1) is 19.7 Å². The molecule has 1 N–H and O–H groups in total. The van der Waals surface area contributed by atoms with E-state index in [0.29, 0.717) is 0 Å². The zero-order valence-corrected chi connectivity index (χ0v) is 19.7. The summed E-state index contributed by atoms with van der Waals surface area (Å²) in [6.07, 6.45) is 1.46. The SMILES string of the molecule is Cc1ccc(S(=O)(=O)N(CC(=O)NN=Cc2cccc(C)c2)Cc2c(F)cccc2Cl)cc1. The average Bonchev–Trinajstić information content (AvgIpc) is 2.76. The molecule has 0 atom stereocenters. The summed E-state index contributed by atoms with van der Waals surface area (Å²) in [5, 5.41) is 3.96. The maximum Gasteiger partial charge on any atom is 0.255 e. The van der Waals surface area contributed by atoms with Gasteiger partial charge in [-0.1, -0.05) is 65.2 Å². The van der Waals surface area contributed by atoms with E-state index < -0.39 is 34.8 Å². The van der Waals surface area contributed by atoms with Crippen molar-refractivity contribution in [3.05, 3.63) is 99.8 Å². The highest BCUT2D eigenvalue weighted by atomic mass is 35.5. The van der Waals surface area contributed by atoms with E-state index in [0.717, 1.165) is 21.0 Å². The van der Waals surface area contributed by atoms with E-state index in [4.69, 9.17) is 11.6 Å². The van der Waals surface area contributed by atoms with Gasteiger partial charge in [-0.25, -0.2) is 18.2 Å². The van der Waals surface area contributed by atoms with Crippen LogP contribution in [0.2, 0.25) is 5.02 Å². The van der Waals surface area contributed by atoms with Gasteiger partial charge >= 0.3 is 0 Å². The summed E-state index contributed by atoms with van der Waals surface area (Å²) in [5.41, 5.74) is 4.99. The minimum absolute atomic E-state index is 0.0170. The van der Waals surface area contributed by atoms with Gasteiger partial charge in [0.1, 0.15) is 5.82 Å². The van der Waals surface area contributed by atoms with Crippen LogP contribution in [0.5, 0.6) is 0 Å². The number of hydrazone groups is 1. The van der Waals surface area contributed by atoms with E-state index in [1.807, 2.05) is 38.1 Å². The molecule has 9 heteroatoms. The van der Waals surface area contributed by atoms with Gasteiger partial charge in [-0.3, -0.25) is 4.79 Å². The van der Waals surface area contributed by atoms with Gasteiger partial charge in [0.2, 0.25) is 10.0 Å². The molecule has 0 radical (unpaired) electrons. The number of benzene rings is 3. The molecule has 172 valence electrons. The first-order chi connectivity index (χ1) is 15.7. The maximum atomic E-state index is 14.4. The molecule has 0 aliphatic carbocycles. The Morgan fingerprint density at radius 2 is 1.76 bits per heavy atom. The Balaban J connectivity index is 1.84. The van der Waals surface area contributed by atoms with Crippen molar-refractivity contribution in [2.75, 3.05) is 6.54 Å². The molecular weight excluding hydrogens is 465 g/mol. The monoisotopic (exact) mass is 487 g/mol. The van der Waals surface area contributed by atoms with E-state index >= 15 is 0 Å². The van der Waals surface area contributed by atoms with Crippen molar-refractivity contribution in [3.8, 4) is 0 Å². The molecular formula is C24H23ClFN3O3S. The molecule has 6 nitrogen and oxygen atoms in total. The summed E-state index contributed by atoms with van der Waals surface area (Å²) in [7, 11) is -4.13. The number of hydrogen-bond donors (Lipinski definition) is 1. The molecule has 0 unspecified atom stereocenters. The lowest BCUT2D eigenvalue weighted by molar-refractivity contribution is -0.121. The largest absolute Gasteiger partial charge is 0.272 e. The van der Waals surface area contributed by atoms with Gasteiger partial charge in [0.15, 0.2) is 0 Å². The lowest BCUT2D eigenvalue weighted by atomic mass is 10.2. The van der Waals surface area contributed by atoms with E-state index in [1.165, 1.54) is 36.5 Å². The molecule has 0 saturated carbocycles. The number of sulfonamides is 1. The van der Waals surface area contributed by atoms with E-state index in [1.54, 1.807) is 12.1 Å². The van der Waals surface area contributed by atoms with Crippen molar-refractivity contribution < 1.29 is 17.6 Å². The molecule has 0 aromatic heterocycles. The van der Waals surface area contributed by atoms with Gasteiger partial charge in [0.05, 0.1) is 17.7 Å². The number of hydrogen-bond acceptors (Lipinski definition) is 4. The van der Waals surface area contributed by atoms with Crippen molar-refractivity contribution in [2.45, 2.75) is 25.3 Å². The van der Waals surface area contributed by atoms with Gasteiger partial charge in [-0.15, -0.1) is 0 Å². The lowest BCUT2D eigenvalue weighted by Gasteiger charge is -2.22. The number of halogens is 2. The minimum Gasteiger partial charge on any atom is -0.272 e.